The number of rotatable bonds is 5. The van der Waals surface area contributed by atoms with Gasteiger partial charge >= 0.3 is 6.03 Å². The third kappa shape index (κ3) is 5.16. The van der Waals surface area contributed by atoms with E-state index >= 15 is 0 Å². The highest BCUT2D eigenvalue weighted by Crippen LogP contribution is 2.34. The summed E-state index contributed by atoms with van der Waals surface area (Å²) in [6, 6.07) is 15.5. The van der Waals surface area contributed by atoms with Gasteiger partial charge in [0.05, 0.1) is 12.1 Å². The van der Waals surface area contributed by atoms with Crippen molar-refractivity contribution in [3.63, 3.8) is 0 Å². The first-order valence-corrected chi connectivity index (χ1v) is 9.33. The first-order chi connectivity index (χ1) is 12.8. The lowest BCUT2D eigenvalue weighted by atomic mass is 9.85. The second-order valence-electron chi connectivity index (χ2n) is 8.18. The van der Waals surface area contributed by atoms with E-state index in [9.17, 15) is 4.79 Å². The van der Waals surface area contributed by atoms with Crippen LogP contribution in [0.5, 0.6) is 11.5 Å². The molecule has 0 spiro atoms. The topological polar surface area (TPSA) is 59.6 Å². The number of hydrogen-bond donors (Lipinski definition) is 2. The van der Waals surface area contributed by atoms with E-state index < -0.39 is 0 Å². The molecule has 144 valence electrons. The molecule has 0 bridgehead atoms. The van der Waals surface area contributed by atoms with E-state index in [2.05, 4.69) is 43.5 Å². The van der Waals surface area contributed by atoms with Crippen molar-refractivity contribution in [2.45, 2.75) is 46.2 Å². The minimum absolute atomic E-state index is 0.0462. The van der Waals surface area contributed by atoms with E-state index in [1.165, 1.54) is 0 Å². The summed E-state index contributed by atoms with van der Waals surface area (Å²) in [6.07, 6.45) is 0.850. The zero-order chi connectivity index (χ0) is 19.4. The van der Waals surface area contributed by atoms with Gasteiger partial charge in [-0.25, -0.2) is 4.79 Å². The molecule has 3 rings (SSSR count). The fourth-order valence-corrected chi connectivity index (χ4v) is 3.21. The summed E-state index contributed by atoms with van der Waals surface area (Å²) in [7, 11) is 0. The normalized spacial score (nSPS) is 15.1. The molecule has 2 aromatic carbocycles. The maximum Gasteiger partial charge on any atom is 0.315 e. The van der Waals surface area contributed by atoms with E-state index in [1.807, 2.05) is 43.3 Å². The Bertz CT molecular complexity index is 784. The molecule has 0 saturated heterocycles. The summed E-state index contributed by atoms with van der Waals surface area (Å²) >= 11 is 0. The smallest absolute Gasteiger partial charge is 0.315 e. The monoisotopic (exact) mass is 368 g/mol. The van der Waals surface area contributed by atoms with Crippen LogP contribution in [0.25, 0.3) is 0 Å². The highest BCUT2D eigenvalue weighted by Gasteiger charge is 2.23. The molecule has 27 heavy (non-hydrogen) atoms. The van der Waals surface area contributed by atoms with Gasteiger partial charge in [-0.15, -0.1) is 0 Å². The third-order valence-corrected chi connectivity index (χ3v) is 4.57. The van der Waals surface area contributed by atoms with Crippen molar-refractivity contribution < 1.29 is 14.3 Å². The Morgan fingerprint density at radius 3 is 2.41 bits per heavy atom. The van der Waals surface area contributed by atoms with Gasteiger partial charge in [-0.3, -0.25) is 0 Å². The number of hydrogen-bond acceptors (Lipinski definition) is 3. The fourth-order valence-electron chi connectivity index (χ4n) is 3.21. The number of fused-ring (bicyclic) bond motifs is 1. The van der Waals surface area contributed by atoms with Gasteiger partial charge in [0.2, 0.25) is 6.79 Å². The van der Waals surface area contributed by atoms with Crippen molar-refractivity contribution in [2.75, 3.05) is 6.79 Å². The van der Waals surface area contributed by atoms with Crippen LogP contribution in [0.3, 0.4) is 0 Å². The number of carbonyl (C=O) groups excluding carboxylic acids is 1. The highest BCUT2D eigenvalue weighted by atomic mass is 16.7. The molecule has 5 nitrogen and oxygen atoms in total. The highest BCUT2D eigenvalue weighted by molar-refractivity contribution is 5.75. The molecule has 0 radical (unpaired) electrons. The standard InChI is InChI=1S/C22H28N2O3/c1-15(17-10-11-19-20(12-17)27-14-26-19)23-21(25)24-18(13-22(2,3)4)16-8-6-5-7-9-16/h5-12,15,18H,13-14H2,1-4H3,(H2,23,24,25). The number of ether oxygens (including phenoxy) is 2. The average molecular weight is 368 g/mol. The predicted octanol–water partition coefficient (Wildman–Crippen LogP) is 4.95. The molecule has 2 N–H and O–H groups in total. The quantitative estimate of drug-likeness (QED) is 0.785. The first kappa shape index (κ1) is 19.1. The minimum Gasteiger partial charge on any atom is -0.454 e. The maximum absolute atomic E-state index is 12.7. The van der Waals surface area contributed by atoms with Crippen molar-refractivity contribution in [3.8, 4) is 11.5 Å². The van der Waals surface area contributed by atoms with Crippen LogP contribution >= 0.6 is 0 Å². The van der Waals surface area contributed by atoms with Crippen LogP contribution in [0.2, 0.25) is 0 Å². The Kier molecular flexibility index (Phi) is 5.59. The average Bonchev–Trinajstić information content (AvgIpc) is 3.08. The van der Waals surface area contributed by atoms with Crippen molar-refractivity contribution in [3.05, 3.63) is 59.7 Å². The molecule has 1 aliphatic rings. The molecule has 0 saturated carbocycles. The van der Waals surface area contributed by atoms with Crippen molar-refractivity contribution in [1.82, 2.24) is 10.6 Å². The van der Waals surface area contributed by atoms with Crippen LogP contribution in [0, 0.1) is 5.41 Å². The van der Waals surface area contributed by atoms with Crippen LogP contribution < -0.4 is 20.1 Å². The van der Waals surface area contributed by atoms with Crippen LogP contribution in [-0.4, -0.2) is 12.8 Å². The van der Waals surface area contributed by atoms with E-state index in [1.54, 1.807) is 0 Å². The van der Waals surface area contributed by atoms with E-state index in [4.69, 9.17) is 9.47 Å². The second kappa shape index (κ2) is 7.91. The van der Waals surface area contributed by atoms with E-state index in [-0.39, 0.29) is 30.3 Å². The summed E-state index contributed by atoms with van der Waals surface area (Å²) in [5.41, 5.74) is 2.18. The molecular weight excluding hydrogens is 340 g/mol. The third-order valence-electron chi connectivity index (χ3n) is 4.57. The van der Waals surface area contributed by atoms with E-state index in [0.717, 1.165) is 29.0 Å². The molecule has 2 atom stereocenters. The molecule has 1 heterocycles. The number of urea groups is 1. The number of carbonyl (C=O) groups is 1. The molecule has 0 aromatic heterocycles. The first-order valence-electron chi connectivity index (χ1n) is 9.33. The van der Waals surface area contributed by atoms with Gasteiger partial charge in [0.15, 0.2) is 11.5 Å². The molecule has 2 amide bonds. The molecular formula is C22H28N2O3. The molecule has 2 aromatic rings. The SMILES string of the molecule is CC(NC(=O)NC(CC(C)(C)C)c1ccccc1)c1ccc2c(c1)OCO2. The summed E-state index contributed by atoms with van der Waals surface area (Å²) in [5.74, 6) is 1.46. The van der Waals surface area contributed by atoms with Crippen LogP contribution in [0.4, 0.5) is 4.79 Å². The largest absolute Gasteiger partial charge is 0.454 e. The van der Waals surface area contributed by atoms with Gasteiger partial charge in [0, 0.05) is 0 Å². The maximum atomic E-state index is 12.7. The zero-order valence-electron chi connectivity index (χ0n) is 16.4. The number of nitrogens with one attached hydrogen (secondary N) is 2. The lowest BCUT2D eigenvalue weighted by Gasteiger charge is -2.28. The van der Waals surface area contributed by atoms with Gasteiger partial charge in [-0.05, 0) is 42.0 Å². The molecule has 0 fully saturated rings. The predicted molar refractivity (Wildman–Crippen MR) is 106 cm³/mol. The Morgan fingerprint density at radius 2 is 1.70 bits per heavy atom. The van der Waals surface area contributed by atoms with Crippen LogP contribution in [0.1, 0.15) is 57.3 Å². The summed E-state index contributed by atoms with van der Waals surface area (Å²) in [4.78, 5) is 12.7. The van der Waals surface area contributed by atoms with Gasteiger partial charge in [0.1, 0.15) is 0 Å². The molecule has 2 unspecified atom stereocenters. The summed E-state index contributed by atoms with van der Waals surface area (Å²) in [6.45, 7) is 8.73. The fraction of sp³-hybridized carbons (Fsp3) is 0.409. The molecule has 0 aliphatic carbocycles. The lowest BCUT2D eigenvalue weighted by Crippen LogP contribution is -2.40. The van der Waals surface area contributed by atoms with Gasteiger partial charge in [-0.2, -0.15) is 0 Å². The lowest BCUT2D eigenvalue weighted by molar-refractivity contribution is 0.174. The zero-order valence-corrected chi connectivity index (χ0v) is 16.4. The Morgan fingerprint density at radius 1 is 1.00 bits per heavy atom. The number of amides is 2. The van der Waals surface area contributed by atoms with Crippen molar-refractivity contribution in [2.24, 2.45) is 5.41 Å². The number of benzene rings is 2. The minimum atomic E-state index is -0.182. The van der Waals surface area contributed by atoms with Gasteiger partial charge < -0.3 is 20.1 Å². The van der Waals surface area contributed by atoms with Crippen LogP contribution in [0.15, 0.2) is 48.5 Å². The van der Waals surface area contributed by atoms with Gasteiger partial charge in [-0.1, -0.05) is 57.2 Å². The van der Waals surface area contributed by atoms with Gasteiger partial charge in [0.25, 0.3) is 0 Å². The van der Waals surface area contributed by atoms with Crippen molar-refractivity contribution in [1.29, 1.82) is 0 Å². The van der Waals surface area contributed by atoms with E-state index in [0.29, 0.717) is 0 Å². The molecule has 5 heteroatoms. The summed E-state index contributed by atoms with van der Waals surface area (Å²) < 4.78 is 10.8. The Hall–Kier alpha value is -2.69. The Labute approximate surface area is 161 Å². The van der Waals surface area contributed by atoms with Crippen LogP contribution in [-0.2, 0) is 0 Å². The molecule has 1 aliphatic heterocycles. The summed E-state index contributed by atoms with van der Waals surface area (Å²) in [5, 5.41) is 6.16. The second-order valence-corrected chi connectivity index (χ2v) is 8.18. The van der Waals surface area contributed by atoms with Crippen molar-refractivity contribution >= 4 is 6.03 Å². The Balaban J connectivity index is 1.66.